The first-order valence-corrected chi connectivity index (χ1v) is 4.25. The minimum absolute atomic E-state index is 0.277. The minimum Gasteiger partial charge on any atom is -0.366 e. The molecule has 1 rings (SSSR count). The van der Waals surface area contributed by atoms with Crippen LogP contribution in [0.5, 0.6) is 0 Å². The van der Waals surface area contributed by atoms with Gasteiger partial charge in [0.1, 0.15) is 0 Å². The number of hydrogen-bond acceptors (Lipinski definition) is 2. The zero-order valence-corrected chi connectivity index (χ0v) is 7.99. The van der Waals surface area contributed by atoms with Crippen LogP contribution in [-0.4, -0.2) is 11.7 Å². The van der Waals surface area contributed by atoms with Crippen molar-refractivity contribution >= 4 is 23.3 Å². The van der Waals surface area contributed by atoms with Crippen molar-refractivity contribution in [2.24, 2.45) is 5.73 Å². The maximum atomic E-state index is 11.3. The average Bonchev–Trinajstić information content (AvgIpc) is 2.15. The van der Waals surface area contributed by atoms with Gasteiger partial charge in [0.15, 0.2) is 5.78 Å². The van der Waals surface area contributed by atoms with Gasteiger partial charge in [-0.05, 0) is 30.3 Å². The molecule has 0 saturated heterocycles. The first kappa shape index (κ1) is 10.5. The number of nitrogens with two attached hydrogens (primary N) is 1. The fraction of sp³-hybridized carbons (Fsp3) is 0. The lowest BCUT2D eigenvalue weighted by molar-refractivity contribution is -0.113. The highest BCUT2D eigenvalue weighted by atomic mass is 35.5. The summed E-state index contributed by atoms with van der Waals surface area (Å²) in [4.78, 5) is 21.7. The molecule has 0 atom stereocenters. The fourth-order valence-corrected chi connectivity index (χ4v) is 0.994. The molecule has 4 heteroatoms. The van der Waals surface area contributed by atoms with Crippen molar-refractivity contribution in [3.8, 4) is 0 Å². The molecule has 0 aliphatic heterocycles. The van der Waals surface area contributed by atoms with E-state index in [2.05, 4.69) is 0 Å². The summed E-state index contributed by atoms with van der Waals surface area (Å²) >= 11 is 5.64. The lowest BCUT2D eigenvalue weighted by atomic mass is 10.1. The predicted molar refractivity (Wildman–Crippen MR) is 54.1 cm³/mol. The van der Waals surface area contributed by atoms with E-state index in [-0.39, 0.29) is 5.78 Å². The third-order valence-corrected chi connectivity index (χ3v) is 1.78. The lowest BCUT2D eigenvalue weighted by Crippen LogP contribution is -2.06. The molecule has 0 fully saturated rings. The number of hydrogen-bond donors (Lipinski definition) is 1. The molecule has 0 spiro atoms. The summed E-state index contributed by atoms with van der Waals surface area (Å²) < 4.78 is 0. The molecule has 0 aromatic heterocycles. The molecular formula is C10H8ClNO2. The molecule has 0 saturated carbocycles. The zero-order chi connectivity index (χ0) is 10.6. The monoisotopic (exact) mass is 209 g/mol. The third kappa shape index (κ3) is 3.03. The maximum Gasteiger partial charge on any atom is 0.241 e. The van der Waals surface area contributed by atoms with Crippen molar-refractivity contribution in [3.05, 3.63) is 47.0 Å². The summed E-state index contributed by atoms with van der Waals surface area (Å²) in [6, 6.07) is 6.37. The molecular weight excluding hydrogens is 202 g/mol. The van der Waals surface area contributed by atoms with Gasteiger partial charge in [0.2, 0.25) is 5.91 Å². The summed E-state index contributed by atoms with van der Waals surface area (Å²) in [5.74, 6) is -0.923. The molecule has 0 aliphatic carbocycles. The fourth-order valence-electron chi connectivity index (χ4n) is 0.868. The lowest BCUT2D eigenvalue weighted by Gasteiger charge is -1.94. The SMILES string of the molecule is NC(=O)C=CC(=O)c1ccc(Cl)cc1. The normalized spacial score (nSPS) is 10.4. The topological polar surface area (TPSA) is 60.2 Å². The van der Waals surface area contributed by atoms with Gasteiger partial charge in [0.25, 0.3) is 0 Å². The van der Waals surface area contributed by atoms with Gasteiger partial charge >= 0.3 is 0 Å². The Bertz CT molecular complexity index is 382. The van der Waals surface area contributed by atoms with Crippen LogP contribution < -0.4 is 5.73 Å². The van der Waals surface area contributed by atoms with E-state index in [1.807, 2.05) is 0 Å². The number of allylic oxidation sites excluding steroid dienone is 1. The highest BCUT2D eigenvalue weighted by molar-refractivity contribution is 6.30. The Hall–Kier alpha value is -1.61. The van der Waals surface area contributed by atoms with Crippen LogP contribution in [-0.2, 0) is 4.79 Å². The number of carbonyl (C=O) groups is 2. The first-order valence-electron chi connectivity index (χ1n) is 3.87. The molecule has 1 aromatic rings. The Morgan fingerprint density at radius 1 is 1.14 bits per heavy atom. The van der Waals surface area contributed by atoms with Crippen molar-refractivity contribution in [2.45, 2.75) is 0 Å². The smallest absolute Gasteiger partial charge is 0.241 e. The maximum absolute atomic E-state index is 11.3. The Labute approximate surface area is 86.2 Å². The van der Waals surface area contributed by atoms with E-state index in [0.717, 1.165) is 12.2 Å². The van der Waals surface area contributed by atoms with E-state index >= 15 is 0 Å². The molecule has 1 amide bonds. The van der Waals surface area contributed by atoms with Crippen LogP contribution in [0.2, 0.25) is 5.02 Å². The van der Waals surface area contributed by atoms with Gasteiger partial charge in [0, 0.05) is 16.7 Å². The minimum atomic E-state index is -0.646. The van der Waals surface area contributed by atoms with E-state index in [4.69, 9.17) is 17.3 Å². The van der Waals surface area contributed by atoms with Gasteiger partial charge in [-0.15, -0.1) is 0 Å². The van der Waals surface area contributed by atoms with Gasteiger partial charge in [-0.1, -0.05) is 11.6 Å². The summed E-state index contributed by atoms with van der Waals surface area (Å²) in [5.41, 5.74) is 5.31. The first-order chi connectivity index (χ1) is 6.59. The summed E-state index contributed by atoms with van der Waals surface area (Å²) in [7, 11) is 0. The van der Waals surface area contributed by atoms with Crippen LogP contribution in [0.25, 0.3) is 0 Å². The van der Waals surface area contributed by atoms with Crippen molar-refractivity contribution in [1.82, 2.24) is 0 Å². The second kappa shape index (κ2) is 4.58. The number of ketones is 1. The zero-order valence-electron chi connectivity index (χ0n) is 7.24. The highest BCUT2D eigenvalue weighted by Gasteiger charge is 2.00. The number of benzene rings is 1. The molecule has 2 N–H and O–H groups in total. The number of primary amides is 1. The molecule has 72 valence electrons. The van der Waals surface area contributed by atoms with Crippen LogP contribution in [0.3, 0.4) is 0 Å². The van der Waals surface area contributed by atoms with E-state index in [0.29, 0.717) is 10.6 Å². The summed E-state index contributed by atoms with van der Waals surface area (Å²) in [6.07, 6.45) is 2.16. The number of carbonyl (C=O) groups excluding carboxylic acids is 2. The van der Waals surface area contributed by atoms with E-state index in [1.165, 1.54) is 0 Å². The van der Waals surface area contributed by atoms with Crippen LogP contribution >= 0.6 is 11.6 Å². The van der Waals surface area contributed by atoms with Gasteiger partial charge in [-0.25, -0.2) is 0 Å². The number of amides is 1. The van der Waals surface area contributed by atoms with Gasteiger partial charge < -0.3 is 5.73 Å². The Balaban J connectivity index is 2.80. The van der Waals surface area contributed by atoms with Gasteiger partial charge in [0.05, 0.1) is 0 Å². The Morgan fingerprint density at radius 3 is 2.21 bits per heavy atom. The van der Waals surface area contributed by atoms with Gasteiger partial charge in [-0.2, -0.15) is 0 Å². The van der Waals surface area contributed by atoms with Crippen molar-refractivity contribution in [1.29, 1.82) is 0 Å². The number of halogens is 1. The van der Waals surface area contributed by atoms with E-state index in [1.54, 1.807) is 24.3 Å². The molecule has 0 aliphatic rings. The van der Waals surface area contributed by atoms with Crippen LogP contribution in [0.15, 0.2) is 36.4 Å². The molecule has 3 nitrogen and oxygen atoms in total. The van der Waals surface area contributed by atoms with Crippen molar-refractivity contribution in [2.75, 3.05) is 0 Å². The summed E-state index contributed by atoms with van der Waals surface area (Å²) in [5, 5.41) is 0.556. The third-order valence-electron chi connectivity index (χ3n) is 1.53. The van der Waals surface area contributed by atoms with Crippen molar-refractivity contribution in [3.63, 3.8) is 0 Å². The second-order valence-electron chi connectivity index (χ2n) is 2.61. The average molecular weight is 210 g/mol. The molecule has 1 aromatic carbocycles. The molecule has 14 heavy (non-hydrogen) atoms. The molecule has 0 unspecified atom stereocenters. The Kier molecular flexibility index (Phi) is 3.42. The van der Waals surface area contributed by atoms with Crippen LogP contribution in [0.1, 0.15) is 10.4 Å². The van der Waals surface area contributed by atoms with E-state index in [9.17, 15) is 9.59 Å². The number of rotatable bonds is 3. The molecule has 0 bridgehead atoms. The predicted octanol–water partition coefficient (Wildman–Crippen LogP) is 1.56. The van der Waals surface area contributed by atoms with Crippen molar-refractivity contribution < 1.29 is 9.59 Å². The molecule has 0 heterocycles. The van der Waals surface area contributed by atoms with Gasteiger partial charge in [-0.3, -0.25) is 9.59 Å². The molecule has 0 radical (unpaired) electrons. The standard InChI is InChI=1S/C10H8ClNO2/c11-8-3-1-7(2-4-8)9(13)5-6-10(12)14/h1-6H,(H2,12,14). The van der Waals surface area contributed by atoms with E-state index < -0.39 is 5.91 Å². The highest BCUT2D eigenvalue weighted by Crippen LogP contribution is 2.10. The second-order valence-corrected chi connectivity index (χ2v) is 3.04. The van der Waals surface area contributed by atoms with Crippen LogP contribution in [0.4, 0.5) is 0 Å². The van der Waals surface area contributed by atoms with Crippen LogP contribution in [0, 0.1) is 0 Å². The largest absolute Gasteiger partial charge is 0.366 e. The summed E-state index contributed by atoms with van der Waals surface area (Å²) in [6.45, 7) is 0. The quantitative estimate of drug-likeness (QED) is 0.607. The Morgan fingerprint density at radius 2 is 1.71 bits per heavy atom.